The van der Waals surface area contributed by atoms with Crippen molar-refractivity contribution in [2.45, 2.75) is 4.90 Å². The first kappa shape index (κ1) is 19.7. The van der Waals surface area contributed by atoms with E-state index in [1.807, 2.05) is 41.8 Å². The van der Waals surface area contributed by atoms with Crippen LogP contribution in [-0.2, 0) is 0 Å². The number of rotatable bonds is 5. The molecule has 1 N–H and O–H groups in total. The fourth-order valence-corrected chi connectivity index (χ4v) is 3.36. The van der Waals surface area contributed by atoms with Gasteiger partial charge in [-0.1, -0.05) is 28.9 Å². The monoisotopic (exact) mass is 431 g/mol. The third kappa shape index (κ3) is 4.35. The average Bonchev–Trinajstić information content (AvgIpc) is 3.26. The van der Waals surface area contributed by atoms with Crippen LogP contribution in [0, 0.1) is 10.7 Å². The van der Waals surface area contributed by atoms with Crippen molar-refractivity contribution in [2.75, 3.05) is 5.32 Å². The van der Waals surface area contributed by atoms with Crippen LogP contribution in [0.4, 0.5) is 5.69 Å². The maximum atomic E-state index is 12.5. The molecule has 0 radical (unpaired) electrons. The van der Waals surface area contributed by atoms with Gasteiger partial charge in [-0.3, -0.25) is 4.79 Å². The van der Waals surface area contributed by atoms with Crippen molar-refractivity contribution in [1.29, 1.82) is 5.26 Å². The molecule has 0 unspecified atom stereocenters. The summed E-state index contributed by atoms with van der Waals surface area (Å²) < 4.78 is 1.70. The molecule has 6 nitrogen and oxygen atoms in total. The summed E-state index contributed by atoms with van der Waals surface area (Å²) in [4.78, 5) is 13.4. The van der Waals surface area contributed by atoms with E-state index in [9.17, 15) is 4.79 Å². The molecule has 3 aromatic carbocycles. The Morgan fingerprint density at radius 1 is 1.00 bits per heavy atom. The van der Waals surface area contributed by atoms with Crippen LogP contribution in [0.1, 0.15) is 10.4 Å². The van der Waals surface area contributed by atoms with E-state index in [1.165, 1.54) is 0 Å². The summed E-state index contributed by atoms with van der Waals surface area (Å²) in [6, 6.07) is 21.6. The molecule has 0 saturated carbocycles. The first-order chi connectivity index (χ1) is 14.6. The number of thiocyanates is 1. The van der Waals surface area contributed by atoms with Crippen molar-refractivity contribution < 1.29 is 4.79 Å². The number of carbonyl (C=O) groups excluding carboxylic acids is 1. The van der Waals surface area contributed by atoms with E-state index >= 15 is 0 Å². The molecular weight excluding hydrogens is 418 g/mol. The summed E-state index contributed by atoms with van der Waals surface area (Å²) in [7, 11) is 0. The number of carbonyl (C=O) groups is 1. The third-order valence-electron chi connectivity index (χ3n) is 4.34. The zero-order chi connectivity index (χ0) is 20.9. The largest absolute Gasteiger partial charge is 0.322 e. The van der Waals surface area contributed by atoms with Gasteiger partial charge in [0.1, 0.15) is 5.40 Å². The molecule has 0 aliphatic rings. The Bertz CT molecular complexity index is 1210. The molecule has 4 aromatic rings. The fourth-order valence-electron chi connectivity index (χ4n) is 2.86. The van der Waals surface area contributed by atoms with E-state index < -0.39 is 0 Å². The quantitative estimate of drug-likeness (QED) is 0.337. The van der Waals surface area contributed by atoms with Crippen LogP contribution in [-0.4, -0.2) is 20.9 Å². The van der Waals surface area contributed by atoms with Crippen molar-refractivity contribution in [3.05, 3.63) is 89.6 Å². The Hall–Kier alpha value is -3.60. The molecular formula is C22H14ClN5OS. The lowest BCUT2D eigenvalue weighted by atomic mass is 10.1. The molecule has 4 rings (SSSR count). The molecule has 1 amide bonds. The summed E-state index contributed by atoms with van der Waals surface area (Å²) in [6.45, 7) is 0. The number of hydrogen-bond donors (Lipinski definition) is 1. The van der Waals surface area contributed by atoms with E-state index in [1.54, 1.807) is 47.3 Å². The Morgan fingerprint density at radius 2 is 1.70 bits per heavy atom. The topological polar surface area (TPSA) is 83.6 Å². The van der Waals surface area contributed by atoms with Crippen LogP contribution >= 0.6 is 23.4 Å². The predicted octanol–water partition coefficient (Wildman–Crippen LogP) is 5.41. The van der Waals surface area contributed by atoms with E-state index in [0.717, 1.165) is 33.6 Å². The predicted molar refractivity (Wildman–Crippen MR) is 118 cm³/mol. The van der Waals surface area contributed by atoms with Gasteiger partial charge in [0.25, 0.3) is 5.91 Å². The number of thioether (sulfide) groups is 1. The SMILES string of the molecule is N#CSc1ccc(NC(=O)c2ccc(-n3nncc3-c3ccc(Cl)cc3)cc2)cc1. The molecule has 0 aliphatic heterocycles. The number of anilines is 1. The average molecular weight is 432 g/mol. The lowest BCUT2D eigenvalue weighted by Crippen LogP contribution is -2.12. The first-order valence-corrected chi connectivity index (χ1v) is 10.1. The molecule has 0 saturated heterocycles. The molecule has 8 heteroatoms. The van der Waals surface area contributed by atoms with E-state index in [2.05, 4.69) is 15.6 Å². The summed E-state index contributed by atoms with van der Waals surface area (Å²) in [6.07, 6.45) is 1.68. The van der Waals surface area contributed by atoms with Gasteiger partial charge in [0.05, 0.1) is 17.6 Å². The highest BCUT2D eigenvalue weighted by Crippen LogP contribution is 2.24. The summed E-state index contributed by atoms with van der Waals surface area (Å²) in [5, 5.41) is 22.4. The van der Waals surface area contributed by atoms with E-state index in [0.29, 0.717) is 16.3 Å². The van der Waals surface area contributed by atoms with E-state index in [4.69, 9.17) is 16.9 Å². The van der Waals surface area contributed by atoms with E-state index in [-0.39, 0.29) is 5.91 Å². The van der Waals surface area contributed by atoms with Crippen molar-refractivity contribution in [3.8, 4) is 22.3 Å². The highest BCUT2D eigenvalue weighted by atomic mass is 35.5. The number of nitriles is 1. The minimum atomic E-state index is -0.223. The molecule has 0 fully saturated rings. The Kier molecular flexibility index (Phi) is 5.80. The van der Waals surface area contributed by atoms with Crippen molar-refractivity contribution >= 4 is 35.0 Å². The van der Waals surface area contributed by atoms with Crippen molar-refractivity contribution in [2.24, 2.45) is 0 Å². The number of benzene rings is 3. The fraction of sp³-hybridized carbons (Fsp3) is 0. The lowest BCUT2D eigenvalue weighted by Gasteiger charge is -2.09. The molecule has 0 bridgehead atoms. The molecule has 146 valence electrons. The van der Waals surface area contributed by atoms with Gasteiger partial charge in [-0.2, -0.15) is 5.26 Å². The molecule has 0 spiro atoms. The molecule has 0 aliphatic carbocycles. The molecule has 1 aromatic heterocycles. The summed E-state index contributed by atoms with van der Waals surface area (Å²) in [5.41, 5.74) is 3.71. The van der Waals surface area contributed by atoms with Gasteiger partial charge in [0.15, 0.2) is 0 Å². The minimum Gasteiger partial charge on any atom is -0.322 e. The van der Waals surface area contributed by atoms with Gasteiger partial charge < -0.3 is 5.32 Å². The van der Waals surface area contributed by atoms with Gasteiger partial charge in [-0.05, 0) is 72.4 Å². The van der Waals surface area contributed by atoms with Gasteiger partial charge in [0.2, 0.25) is 0 Å². The van der Waals surface area contributed by atoms with Crippen LogP contribution in [0.3, 0.4) is 0 Å². The van der Waals surface area contributed by atoms with Crippen LogP contribution in [0.25, 0.3) is 16.9 Å². The number of hydrogen-bond acceptors (Lipinski definition) is 5. The van der Waals surface area contributed by atoms with Crippen LogP contribution < -0.4 is 5.32 Å². The maximum Gasteiger partial charge on any atom is 0.255 e. The maximum absolute atomic E-state index is 12.5. The Balaban J connectivity index is 1.51. The normalized spacial score (nSPS) is 10.4. The van der Waals surface area contributed by atoms with Gasteiger partial charge in [-0.25, -0.2) is 4.68 Å². The lowest BCUT2D eigenvalue weighted by molar-refractivity contribution is 0.102. The van der Waals surface area contributed by atoms with Crippen molar-refractivity contribution in [3.63, 3.8) is 0 Å². The molecule has 0 atom stereocenters. The van der Waals surface area contributed by atoms with Gasteiger partial charge in [-0.15, -0.1) is 5.10 Å². The van der Waals surface area contributed by atoms with Crippen LogP contribution in [0.2, 0.25) is 5.02 Å². The second-order valence-electron chi connectivity index (χ2n) is 6.26. The number of amides is 1. The number of nitrogens with one attached hydrogen (secondary N) is 1. The Labute approximate surface area is 182 Å². The molecule has 30 heavy (non-hydrogen) atoms. The third-order valence-corrected chi connectivity index (χ3v) is 5.19. The Morgan fingerprint density at radius 3 is 2.37 bits per heavy atom. The number of aromatic nitrogens is 3. The second kappa shape index (κ2) is 8.82. The van der Waals surface area contributed by atoms with Crippen LogP contribution in [0.5, 0.6) is 0 Å². The second-order valence-corrected chi connectivity index (χ2v) is 7.55. The smallest absolute Gasteiger partial charge is 0.255 e. The zero-order valence-electron chi connectivity index (χ0n) is 15.5. The number of nitrogens with zero attached hydrogens (tertiary/aromatic N) is 4. The van der Waals surface area contributed by atoms with Gasteiger partial charge in [0, 0.05) is 26.7 Å². The molecule has 1 heterocycles. The highest BCUT2D eigenvalue weighted by Gasteiger charge is 2.11. The highest BCUT2D eigenvalue weighted by molar-refractivity contribution is 8.03. The summed E-state index contributed by atoms with van der Waals surface area (Å²) in [5.74, 6) is -0.223. The minimum absolute atomic E-state index is 0.223. The summed E-state index contributed by atoms with van der Waals surface area (Å²) >= 11 is 7.04. The van der Waals surface area contributed by atoms with Gasteiger partial charge >= 0.3 is 0 Å². The first-order valence-electron chi connectivity index (χ1n) is 8.88. The standard InChI is InChI=1S/C22H14ClN5OS/c23-17-5-1-15(2-6-17)21-13-25-27-28(21)19-9-3-16(4-10-19)22(29)26-18-7-11-20(12-8-18)30-14-24/h1-13H,(H,26,29). The zero-order valence-corrected chi connectivity index (χ0v) is 17.1. The van der Waals surface area contributed by atoms with Crippen molar-refractivity contribution in [1.82, 2.24) is 15.0 Å². The van der Waals surface area contributed by atoms with Crippen LogP contribution in [0.15, 0.2) is 83.9 Å². The number of halogens is 1.